The second kappa shape index (κ2) is 6.36. The third kappa shape index (κ3) is 2.56. The van der Waals surface area contributed by atoms with Crippen molar-refractivity contribution in [3.63, 3.8) is 0 Å². The fourth-order valence-corrected chi connectivity index (χ4v) is 3.53. The predicted octanol–water partition coefficient (Wildman–Crippen LogP) is 0.157. The van der Waals surface area contributed by atoms with Crippen molar-refractivity contribution in [3.8, 4) is 11.4 Å². The Kier molecular flexibility index (Phi) is 4.07. The molecule has 0 saturated carbocycles. The standard InChI is InChI=1S/C19H20N6O4/c1-10-11(2)25-15-16(22(3)19(28)23(4)17(15)27)21-18(25)24(10)12-7-5-6-8-13(12)29-9-14(20)26/h5-8H,9H2,1-4H3,(H2,20,26). The highest BCUT2D eigenvalue weighted by molar-refractivity contribution is 5.78. The summed E-state index contributed by atoms with van der Waals surface area (Å²) in [7, 11) is 3.02. The number of carbonyl (C=O) groups is 1. The third-order valence-electron chi connectivity index (χ3n) is 5.11. The summed E-state index contributed by atoms with van der Waals surface area (Å²) in [5.74, 6) is 0.319. The van der Waals surface area contributed by atoms with Crippen LogP contribution >= 0.6 is 0 Å². The van der Waals surface area contributed by atoms with Crippen molar-refractivity contribution in [2.45, 2.75) is 13.8 Å². The van der Waals surface area contributed by atoms with Crippen LogP contribution < -0.4 is 21.7 Å². The van der Waals surface area contributed by atoms with Gasteiger partial charge in [-0.2, -0.15) is 4.98 Å². The Balaban J connectivity index is 2.11. The van der Waals surface area contributed by atoms with Crippen LogP contribution in [0.5, 0.6) is 5.75 Å². The Morgan fingerprint density at radius 3 is 2.48 bits per heavy atom. The Morgan fingerprint density at radius 1 is 1.10 bits per heavy atom. The molecule has 150 valence electrons. The summed E-state index contributed by atoms with van der Waals surface area (Å²) in [6.07, 6.45) is 0. The molecule has 0 unspecified atom stereocenters. The summed E-state index contributed by atoms with van der Waals surface area (Å²) >= 11 is 0. The van der Waals surface area contributed by atoms with E-state index in [1.165, 1.54) is 11.6 Å². The van der Waals surface area contributed by atoms with Gasteiger partial charge in [-0.3, -0.25) is 27.7 Å². The molecule has 0 aliphatic heterocycles. The molecule has 4 aromatic rings. The molecule has 0 fully saturated rings. The highest BCUT2D eigenvalue weighted by Gasteiger charge is 2.23. The number of aryl methyl sites for hydroxylation is 2. The number of para-hydroxylation sites is 2. The van der Waals surface area contributed by atoms with Crippen molar-refractivity contribution in [1.82, 2.24) is 23.1 Å². The fraction of sp³-hybridized carbons (Fsp3) is 0.263. The van der Waals surface area contributed by atoms with Crippen LogP contribution in [0.2, 0.25) is 0 Å². The van der Waals surface area contributed by atoms with E-state index in [0.717, 1.165) is 16.0 Å². The minimum absolute atomic E-state index is 0.266. The van der Waals surface area contributed by atoms with Gasteiger partial charge in [-0.25, -0.2) is 4.79 Å². The molecule has 0 aliphatic rings. The van der Waals surface area contributed by atoms with Gasteiger partial charge >= 0.3 is 5.69 Å². The number of hydrogen-bond acceptors (Lipinski definition) is 5. The summed E-state index contributed by atoms with van der Waals surface area (Å²) < 4.78 is 11.5. The lowest BCUT2D eigenvalue weighted by Crippen LogP contribution is -2.37. The highest BCUT2D eigenvalue weighted by Crippen LogP contribution is 2.29. The van der Waals surface area contributed by atoms with Gasteiger partial charge in [0.1, 0.15) is 5.75 Å². The summed E-state index contributed by atoms with van der Waals surface area (Å²) in [5.41, 5.74) is 7.22. The molecule has 0 spiro atoms. The van der Waals surface area contributed by atoms with Gasteiger partial charge in [0.2, 0.25) is 5.78 Å². The molecule has 10 heteroatoms. The van der Waals surface area contributed by atoms with E-state index >= 15 is 0 Å². The van der Waals surface area contributed by atoms with E-state index < -0.39 is 17.2 Å². The Bertz CT molecular complexity index is 1420. The molecule has 1 amide bonds. The fourth-order valence-electron chi connectivity index (χ4n) is 3.53. The van der Waals surface area contributed by atoms with E-state index in [1.807, 2.05) is 30.5 Å². The number of ether oxygens (including phenoxy) is 1. The summed E-state index contributed by atoms with van der Waals surface area (Å²) in [6.45, 7) is 3.50. The summed E-state index contributed by atoms with van der Waals surface area (Å²) in [6, 6.07) is 7.15. The number of rotatable bonds is 4. The van der Waals surface area contributed by atoms with Crippen molar-refractivity contribution in [2.75, 3.05) is 6.61 Å². The van der Waals surface area contributed by atoms with Crippen LogP contribution in [-0.4, -0.2) is 35.6 Å². The number of fused-ring (bicyclic) bond motifs is 3. The zero-order chi connectivity index (χ0) is 21.0. The molecule has 29 heavy (non-hydrogen) atoms. The number of benzene rings is 1. The average molecular weight is 396 g/mol. The van der Waals surface area contributed by atoms with E-state index in [1.54, 1.807) is 23.6 Å². The normalized spacial score (nSPS) is 11.4. The minimum Gasteiger partial charge on any atom is -0.482 e. The number of imidazole rings is 2. The SMILES string of the molecule is Cc1c(C)n2c3c(=O)n(C)c(=O)n(C)c3nc2n1-c1ccccc1OCC(N)=O. The molecule has 0 atom stereocenters. The maximum Gasteiger partial charge on any atom is 0.332 e. The number of nitrogens with zero attached hydrogens (tertiary/aromatic N) is 5. The number of nitrogens with two attached hydrogens (primary N) is 1. The van der Waals surface area contributed by atoms with E-state index in [0.29, 0.717) is 28.4 Å². The molecule has 0 bridgehead atoms. The monoisotopic (exact) mass is 396 g/mol. The van der Waals surface area contributed by atoms with Crippen molar-refractivity contribution in [1.29, 1.82) is 0 Å². The smallest absolute Gasteiger partial charge is 0.332 e. The first-order valence-corrected chi connectivity index (χ1v) is 8.90. The lowest BCUT2D eigenvalue weighted by Gasteiger charge is -2.12. The van der Waals surface area contributed by atoms with Gasteiger partial charge in [0.25, 0.3) is 11.5 Å². The van der Waals surface area contributed by atoms with Crippen LogP contribution in [0, 0.1) is 13.8 Å². The van der Waals surface area contributed by atoms with Crippen LogP contribution in [0.4, 0.5) is 0 Å². The average Bonchev–Trinajstić information content (AvgIpc) is 3.19. The quantitative estimate of drug-likeness (QED) is 0.527. The number of amides is 1. The molecule has 3 heterocycles. The number of hydrogen-bond donors (Lipinski definition) is 1. The molecule has 3 aromatic heterocycles. The topological polar surface area (TPSA) is 119 Å². The van der Waals surface area contributed by atoms with Crippen LogP contribution in [0.1, 0.15) is 11.4 Å². The van der Waals surface area contributed by atoms with Gasteiger partial charge in [-0.05, 0) is 26.0 Å². The first kappa shape index (κ1) is 18.5. The molecular formula is C19H20N6O4. The summed E-state index contributed by atoms with van der Waals surface area (Å²) in [4.78, 5) is 40.9. The van der Waals surface area contributed by atoms with Gasteiger partial charge in [0, 0.05) is 25.5 Å². The van der Waals surface area contributed by atoms with Gasteiger partial charge in [0.05, 0.1) is 5.69 Å². The molecule has 10 nitrogen and oxygen atoms in total. The third-order valence-corrected chi connectivity index (χ3v) is 5.11. The van der Waals surface area contributed by atoms with Crippen LogP contribution in [0.25, 0.3) is 22.6 Å². The maximum atomic E-state index is 12.8. The number of aromatic nitrogens is 5. The first-order valence-electron chi connectivity index (χ1n) is 8.90. The van der Waals surface area contributed by atoms with Gasteiger partial charge in [-0.15, -0.1) is 0 Å². The highest BCUT2D eigenvalue weighted by atomic mass is 16.5. The predicted molar refractivity (Wildman–Crippen MR) is 107 cm³/mol. The second-order valence-corrected chi connectivity index (χ2v) is 6.85. The second-order valence-electron chi connectivity index (χ2n) is 6.85. The Labute approximate surface area is 164 Å². The molecule has 0 radical (unpaired) electrons. The Hall–Kier alpha value is -3.82. The zero-order valence-electron chi connectivity index (χ0n) is 16.5. The lowest BCUT2D eigenvalue weighted by molar-refractivity contribution is -0.119. The summed E-state index contributed by atoms with van der Waals surface area (Å²) in [5, 5.41) is 0. The first-order chi connectivity index (χ1) is 13.7. The van der Waals surface area contributed by atoms with Crippen LogP contribution in [-0.2, 0) is 18.9 Å². The number of primary amides is 1. The van der Waals surface area contributed by atoms with Crippen molar-refractivity contribution < 1.29 is 9.53 Å². The van der Waals surface area contributed by atoms with Gasteiger partial charge in [0.15, 0.2) is 17.8 Å². The largest absolute Gasteiger partial charge is 0.482 e. The number of carbonyl (C=O) groups excluding carboxylic acids is 1. The van der Waals surface area contributed by atoms with E-state index in [2.05, 4.69) is 4.98 Å². The molecule has 0 saturated heterocycles. The Morgan fingerprint density at radius 2 is 1.79 bits per heavy atom. The van der Waals surface area contributed by atoms with Crippen LogP contribution in [0.15, 0.2) is 33.9 Å². The van der Waals surface area contributed by atoms with Gasteiger partial charge in [-0.1, -0.05) is 12.1 Å². The lowest BCUT2D eigenvalue weighted by atomic mass is 10.2. The molecule has 4 rings (SSSR count). The molecule has 0 aliphatic carbocycles. The zero-order valence-corrected chi connectivity index (χ0v) is 16.5. The maximum absolute atomic E-state index is 12.8. The van der Waals surface area contributed by atoms with Crippen molar-refractivity contribution in [3.05, 3.63) is 56.5 Å². The van der Waals surface area contributed by atoms with E-state index in [9.17, 15) is 14.4 Å². The van der Waals surface area contributed by atoms with Crippen LogP contribution in [0.3, 0.4) is 0 Å². The minimum atomic E-state index is -0.588. The van der Waals surface area contributed by atoms with E-state index in [-0.39, 0.29) is 6.61 Å². The molecule has 2 N–H and O–H groups in total. The molecule has 1 aromatic carbocycles. The van der Waals surface area contributed by atoms with Gasteiger partial charge < -0.3 is 10.5 Å². The molecular weight excluding hydrogens is 376 g/mol. The van der Waals surface area contributed by atoms with Crippen molar-refractivity contribution >= 4 is 22.8 Å². The van der Waals surface area contributed by atoms with E-state index in [4.69, 9.17) is 10.5 Å². The van der Waals surface area contributed by atoms with Crippen molar-refractivity contribution in [2.24, 2.45) is 19.8 Å².